The molecule has 0 saturated heterocycles. The first-order chi connectivity index (χ1) is 10.4. The van der Waals surface area contributed by atoms with Crippen LogP contribution in [-0.4, -0.2) is 6.04 Å². The fourth-order valence-electron chi connectivity index (χ4n) is 3.57. The smallest absolute Gasteiger partial charge is 0.0673 e. The van der Waals surface area contributed by atoms with Gasteiger partial charge in [-0.25, -0.2) is 0 Å². The van der Waals surface area contributed by atoms with E-state index in [9.17, 15) is 0 Å². The van der Waals surface area contributed by atoms with E-state index in [1.807, 2.05) is 11.3 Å². The van der Waals surface area contributed by atoms with Gasteiger partial charge >= 0.3 is 0 Å². The van der Waals surface area contributed by atoms with Crippen molar-refractivity contribution in [3.8, 4) is 0 Å². The van der Waals surface area contributed by atoms with Gasteiger partial charge in [0.1, 0.15) is 0 Å². The van der Waals surface area contributed by atoms with Gasteiger partial charge in [0.15, 0.2) is 0 Å². The molecule has 0 amide bonds. The standard InChI is InChI=1S/C19H25NS/c1-2-15-9-6-7-12-17(15)20-19(18-13-8-14-21-18)16-10-4-3-5-11-16/h3-5,8,10-11,13-15,17,19-20H,2,6-7,9,12H2,1H3. The second kappa shape index (κ2) is 7.24. The third-order valence-corrected chi connectivity index (χ3v) is 5.71. The van der Waals surface area contributed by atoms with Crippen LogP contribution in [0, 0.1) is 5.92 Å². The van der Waals surface area contributed by atoms with E-state index >= 15 is 0 Å². The van der Waals surface area contributed by atoms with Crippen LogP contribution in [-0.2, 0) is 0 Å². The summed E-state index contributed by atoms with van der Waals surface area (Å²) in [4.78, 5) is 1.43. The van der Waals surface area contributed by atoms with Crippen LogP contribution in [0.4, 0.5) is 0 Å². The van der Waals surface area contributed by atoms with E-state index in [1.54, 1.807) is 0 Å². The highest BCUT2D eigenvalue weighted by molar-refractivity contribution is 7.10. The van der Waals surface area contributed by atoms with Crippen LogP contribution in [0.5, 0.6) is 0 Å². The Hall–Kier alpha value is -1.12. The lowest BCUT2D eigenvalue weighted by Crippen LogP contribution is -2.40. The van der Waals surface area contributed by atoms with Gasteiger partial charge in [-0.1, -0.05) is 62.6 Å². The average molecular weight is 299 g/mol. The van der Waals surface area contributed by atoms with Crippen molar-refractivity contribution in [1.82, 2.24) is 5.32 Å². The third kappa shape index (κ3) is 3.56. The SMILES string of the molecule is CCC1CCCCC1NC(c1ccccc1)c1cccs1. The average Bonchev–Trinajstić information content (AvgIpc) is 3.08. The van der Waals surface area contributed by atoms with Crippen molar-refractivity contribution in [2.24, 2.45) is 5.92 Å². The Bertz CT molecular complexity index is 520. The van der Waals surface area contributed by atoms with Gasteiger partial charge in [-0.05, 0) is 35.8 Å². The summed E-state index contributed by atoms with van der Waals surface area (Å²) in [7, 11) is 0. The van der Waals surface area contributed by atoms with E-state index in [0.29, 0.717) is 12.1 Å². The Labute approximate surface area is 132 Å². The van der Waals surface area contributed by atoms with Gasteiger partial charge in [0, 0.05) is 10.9 Å². The second-order valence-electron chi connectivity index (χ2n) is 6.09. The molecule has 1 N–H and O–H groups in total. The Morgan fingerprint density at radius 2 is 1.90 bits per heavy atom. The summed E-state index contributed by atoms with van der Waals surface area (Å²) >= 11 is 1.86. The van der Waals surface area contributed by atoms with Crippen molar-refractivity contribution in [1.29, 1.82) is 0 Å². The van der Waals surface area contributed by atoms with E-state index < -0.39 is 0 Å². The zero-order valence-corrected chi connectivity index (χ0v) is 13.6. The first kappa shape index (κ1) is 14.8. The van der Waals surface area contributed by atoms with Crippen molar-refractivity contribution in [2.45, 2.75) is 51.1 Å². The third-order valence-electron chi connectivity index (χ3n) is 4.77. The minimum Gasteiger partial charge on any atom is -0.303 e. The molecular formula is C19H25NS. The molecule has 2 aromatic rings. The lowest BCUT2D eigenvalue weighted by atomic mass is 9.82. The highest BCUT2D eigenvalue weighted by Crippen LogP contribution is 2.32. The molecule has 0 spiro atoms. The molecule has 0 radical (unpaired) electrons. The van der Waals surface area contributed by atoms with Crippen molar-refractivity contribution in [2.75, 3.05) is 0 Å². The minimum absolute atomic E-state index is 0.350. The van der Waals surface area contributed by atoms with Crippen LogP contribution < -0.4 is 5.32 Å². The predicted molar refractivity (Wildman–Crippen MR) is 91.8 cm³/mol. The van der Waals surface area contributed by atoms with Gasteiger partial charge < -0.3 is 5.32 Å². The van der Waals surface area contributed by atoms with E-state index in [4.69, 9.17) is 0 Å². The van der Waals surface area contributed by atoms with Crippen LogP contribution >= 0.6 is 11.3 Å². The molecule has 2 heteroatoms. The number of nitrogens with one attached hydrogen (secondary N) is 1. The molecule has 1 aromatic carbocycles. The zero-order chi connectivity index (χ0) is 14.5. The summed E-state index contributed by atoms with van der Waals surface area (Å²) in [5.74, 6) is 0.838. The van der Waals surface area contributed by atoms with Crippen molar-refractivity contribution in [3.63, 3.8) is 0 Å². The van der Waals surface area contributed by atoms with Crippen LogP contribution in [0.15, 0.2) is 47.8 Å². The number of hydrogen-bond donors (Lipinski definition) is 1. The Morgan fingerprint density at radius 1 is 1.10 bits per heavy atom. The van der Waals surface area contributed by atoms with Gasteiger partial charge in [0.05, 0.1) is 6.04 Å². The summed E-state index contributed by atoms with van der Waals surface area (Å²) in [5.41, 5.74) is 1.39. The lowest BCUT2D eigenvalue weighted by molar-refractivity contribution is 0.245. The molecule has 3 atom stereocenters. The molecule has 3 rings (SSSR count). The largest absolute Gasteiger partial charge is 0.303 e. The monoisotopic (exact) mass is 299 g/mol. The molecule has 1 saturated carbocycles. The molecule has 1 heterocycles. The molecule has 1 aromatic heterocycles. The van der Waals surface area contributed by atoms with Crippen LogP contribution in [0.3, 0.4) is 0 Å². The maximum absolute atomic E-state index is 3.99. The molecule has 0 bridgehead atoms. The normalized spacial score (nSPS) is 23.9. The molecule has 112 valence electrons. The summed E-state index contributed by atoms with van der Waals surface area (Å²) < 4.78 is 0. The van der Waals surface area contributed by atoms with E-state index in [-0.39, 0.29) is 0 Å². The summed E-state index contributed by atoms with van der Waals surface area (Å²) in [6.45, 7) is 2.34. The molecule has 1 aliphatic rings. The maximum Gasteiger partial charge on any atom is 0.0673 e. The predicted octanol–water partition coefficient (Wildman–Crippen LogP) is 5.40. The Balaban J connectivity index is 1.82. The van der Waals surface area contributed by atoms with Crippen LogP contribution in [0.2, 0.25) is 0 Å². The van der Waals surface area contributed by atoms with Crippen LogP contribution in [0.1, 0.15) is 55.5 Å². The second-order valence-corrected chi connectivity index (χ2v) is 7.06. The van der Waals surface area contributed by atoms with E-state index in [0.717, 1.165) is 5.92 Å². The highest BCUT2D eigenvalue weighted by Gasteiger charge is 2.27. The molecular weight excluding hydrogens is 274 g/mol. The number of thiophene rings is 1. The molecule has 3 unspecified atom stereocenters. The molecule has 21 heavy (non-hydrogen) atoms. The molecule has 1 fully saturated rings. The lowest BCUT2D eigenvalue weighted by Gasteiger charge is -2.35. The minimum atomic E-state index is 0.350. The van der Waals surface area contributed by atoms with E-state index in [1.165, 1.54) is 42.5 Å². The summed E-state index contributed by atoms with van der Waals surface area (Å²) in [6.07, 6.45) is 6.79. The number of rotatable bonds is 5. The summed E-state index contributed by atoms with van der Waals surface area (Å²) in [5, 5.41) is 6.17. The fraction of sp³-hybridized carbons (Fsp3) is 0.474. The molecule has 1 nitrogen and oxygen atoms in total. The van der Waals surface area contributed by atoms with Crippen molar-refractivity contribution < 1.29 is 0 Å². The first-order valence-electron chi connectivity index (χ1n) is 8.23. The van der Waals surface area contributed by atoms with Gasteiger partial charge in [0.25, 0.3) is 0 Å². The zero-order valence-electron chi connectivity index (χ0n) is 12.8. The summed E-state index contributed by atoms with van der Waals surface area (Å²) in [6, 6.07) is 16.3. The van der Waals surface area contributed by atoms with Gasteiger partial charge in [-0.3, -0.25) is 0 Å². The van der Waals surface area contributed by atoms with Crippen molar-refractivity contribution in [3.05, 3.63) is 58.3 Å². The first-order valence-corrected chi connectivity index (χ1v) is 9.11. The topological polar surface area (TPSA) is 12.0 Å². The van der Waals surface area contributed by atoms with Gasteiger partial charge in [0.2, 0.25) is 0 Å². The maximum atomic E-state index is 3.99. The van der Waals surface area contributed by atoms with Gasteiger partial charge in [-0.2, -0.15) is 0 Å². The quantitative estimate of drug-likeness (QED) is 0.780. The molecule has 0 aliphatic heterocycles. The van der Waals surface area contributed by atoms with Gasteiger partial charge in [-0.15, -0.1) is 11.3 Å². The number of hydrogen-bond acceptors (Lipinski definition) is 2. The van der Waals surface area contributed by atoms with E-state index in [2.05, 4.69) is 60.1 Å². The van der Waals surface area contributed by atoms with Crippen LogP contribution in [0.25, 0.3) is 0 Å². The fourth-order valence-corrected chi connectivity index (χ4v) is 4.39. The highest BCUT2D eigenvalue weighted by atomic mass is 32.1. The number of benzene rings is 1. The Morgan fingerprint density at radius 3 is 2.62 bits per heavy atom. The Kier molecular flexibility index (Phi) is 5.10. The van der Waals surface area contributed by atoms with Crippen molar-refractivity contribution >= 4 is 11.3 Å². The molecule has 1 aliphatic carbocycles.